The van der Waals surface area contributed by atoms with Gasteiger partial charge in [0.05, 0.1) is 24.5 Å². The molecule has 1 aromatic carbocycles. The number of hydrogen-bond donors (Lipinski definition) is 6. The monoisotopic (exact) mass is 443 g/mol. The lowest BCUT2D eigenvalue weighted by Gasteiger charge is -2.10. The molecule has 30 heavy (non-hydrogen) atoms. The number of aliphatic carboxylic acids is 1. The van der Waals surface area contributed by atoms with Crippen LogP contribution in [0.2, 0.25) is 0 Å². The fourth-order valence-electron chi connectivity index (χ4n) is 1.90. The summed E-state index contributed by atoms with van der Waals surface area (Å²) in [6, 6.07) is 3.60. The van der Waals surface area contributed by atoms with Gasteiger partial charge in [0.1, 0.15) is 6.04 Å². The molecule has 1 atom stereocenters. The molecule has 1 unspecified atom stereocenters. The van der Waals surface area contributed by atoms with Crippen LogP contribution >= 0.6 is 0 Å². The van der Waals surface area contributed by atoms with Crippen LogP contribution in [0.25, 0.3) is 0 Å². The topological polar surface area (TPSA) is 214 Å². The van der Waals surface area contributed by atoms with Crippen LogP contribution in [0.5, 0.6) is 0 Å². The second-order valence-corrected chi connectivity index (χ2v) is 7.49. The maximum atomic E-state index is 11.9. The van der Waals surface area contributed by atoms with Crippen molar-refractivity contribution >= 4 is 39.6 Å². The van der Waals surface area contributed by atoms with E-state index in [0.717, 1.165) is 12.1 Å². The summed E-state index contributed by atoms with van der Waals surface area (Å²) >= 11 is 0. The largest absolute Gasteiger partial charge is 0.480 e. The Bertz CT molecular complexity index is 929. The van der Waals surface area contributed by atoms with Gasteiger partial charge in [-0.25, -0.2) is 13.6 Å². The Morgan fingerprint density at radius 2 is 1.37 bits per heavy atom. The molecule has 0 radical (unpaired) electrons. The van der Waals surface area contributed by atoms with Crippen LogP contribution in [-0.2, 0) is 29.2 Å². The molecule has 0 saturated heterocycles. The number of primary sulfonamides is 1. The molecule has 1 rings (SSSR count). The molecule has 0 aliphatic rings. The van der Waals surface area contributed by atoms with Crippen molar-refractivity contribution in [3.63, 3.8) is 0 Å². The third-order valence-electron chi connectivity index (χ3n) is 3.49. The Hall–Kier alpha value is -3.52. The standard InChI is InChI=1S/C16H21N5O8S/c1-9(16(26)27)21-14(24)8-19-12(22)6-18-13(23)7-20-15(25)10-2-4-11(5-3-10)30(17,28)29/h2-5,9H,6-8H2,1H3,(H,18,23)(H,19,22)(H,20,25)(H,21,24)(H,26,27)(H2,17,28,29). The summed E-state index contributed by atoms with van der Waals surface area (Å²) in [7, 11) is -3.89. The molecule has 4 amide bonds. The van der Waals surface area contributed by atoms with Crippen LogP contribution < -0.4 is 26.4 Å². The third-order valence-corrected chi connectivity index (χ3v) is 4.42. The van der Waals surface area contributed by atoms with Crippen LogP contribution in [0.1, 0.15) is 17.3 Å². The van der Waals surface area contributed by atoms with Gasteiger partial charge in [0.15, 0.2) is 0 Å². The fourth-order valence-corrected chi connectivity index (χ4v) is 2.41. The lowest BCUT2D eigenvalue weighted by molar-refractivity contribution is -0.141. The molecule has 0 aromatic heterocycles. The van der Waals surface area contributed by atoms with Gasteiger partial charge in [-0.2, -0.15) is 0 Å². The first-order valence-corrected chi connectivity index (χ1v) is 9.91. The average Bonchev–Trinajstić information content (AvgIpc) is 2.68. The van der Waals surface area contributed by atoms with Gasteiger partial charge in [0, 0.05) is 5.56 Å². The first-order chi connectivity index (χ1) is 13.9. The minimum Gasteiger partial charge on any atom is -0.480 e. The maximum absolute atomic E-state index is 11.9. The number of hydrogen-bond acceptors (Lipinski definition) is 7. The predicted octanol–water partition coefficient (Wildman–Crippen LogP) is -3.11. The normalized spacial score (nSPS) is 11.7. The number of rotatable bonds is 10. The van der Waals surface area contributed by atoms with E-state index in [2.05, 4.69) is 21.3 Å². The highest BCUT2D eigenvalue weighted by Crippen LogP contribution is 2.08. The molecule has 164 valence electrons. The maximum Gasteiger partial charge on any atom is 0.325 e. The van der Waals surface area contributed by atoms with Crippen LogP contribution in [0.3, 0.4) is 0 Å². The summed E-state index contributed by atoms with van der Waals surface area (Å²) in [5, 5.41) is 22.4. The average molecular weight is 443 g/mol. The van der Waals surface area contributed by atoms with Crippen molar-refractivity contribution in [3.8, 4) is 0 Å². The summed E-state index contributed by atoms with van der Waals surface area (Å²) in [5.74, 6) is -4.00. The summed E-state index contributed by atoms with van der Waals surface area (Å²) in [5.41, 5.74) is 0.0922. The van der Waals surface area contributed by atoms with Gasteiger partial charge in [-0.15, -0.1) is 0 Å². The zero-order valence-corrected chi connectivity index (χ0v) is 16.6. The first kappa shape index (κ1) is 24.5. The highest BCUT2D eigenvalue weighted by atomic mass is 32.2. The Kier molecular flexibility index (Phi) is 8.88. The molecule has 13 nitrogen and oxygen atoms in total. The summed E-state index contributed by atoms with van der Waals surface area (Å²) in [4.78, 5) is 57.0. The van der Waals surface area contributed by atoms with Crippen LogP contribution in [0.4, 0.5) is 0 Å². The lowest BCUT2D eigenvalue weighted by Crippen LogP contribution is -2.46. The highest BCUT2D eigenvalue weighted by molar-refractivity contribution is 7.89. The smallest absolute Gasteiger partial charge is 0.325 e. The number of nitrogens with two attached hydrogens (primary N) is 1. The molecular formula is C16H21N5O8S. The number of nitrogens with one attached hydrogen (secondary N) is 4. The van der Waals surface area contributed by atoms with E-state index in [-0.39, 0.29) is 10.5 Å². The second-order valence-electron chi connectivity index (χ2n) is 5.93. The number of carboxylic acid groups (broad SMARTS) is 1. The van der Waals surface area contributed by atoms with Crippen LogP contribution in [-0.4, -0.2) is 68.8 Å². The van der Waals surface area contributed by atoms with Crippen molar-refractivity contribution < 1.29 is 37.5 Å². The summed E-state index contributed by atoms with van der Waals surface area (Å²) in [6.45, 7) is -0.151. The lowest BCUT2D eigenvalue weighted by atomic mass is 10.2. The molecule has 14 heteroatoms. The quantitative estimate of drug-likeness (QED) is 0.217. The highest BCUT2D eigenvalue weighted by Gasteiger charge is 2.15. The number of benzene rings is 1. The molecule has 0 heterocycles. The zero-order chi connectivity index (χ0) is 22.9. The Balaban J connectivity index is 2.34. The van der Waals surface area contributed by atoms with Crippen molar-refractivity contribution in [2.75, 3.05) is 19.6 Å². The molecule has 0 saturated carbocycles. The number of carbonyl (C=O) groups excluding carboxylic acids is 4. The van der Waals surface area contributed by atoms with Gasteiger partial charge in [0.25, 0.3) is 5.91 Å². The van der Waals surface area contributed by atoms with Crippen molar-refractivity contribution in [2.24, 2.45) is 5.14 Å². The van der Waals surface area contributed by atoms with E-state index < -0.39 is 65.3 Å². The Morgan fingerprint density at radius 1 is 0.900 bits per heavy atom. The molecule has 0 aliphatic heterocycles. The Labute approximate surface area is 171 Å². The van der Waals surface area contributed by atoms with Crippen molar-refractivity contribution in [2.45, 2.75) is 17.9 Å². The molecule has 0 bridgehead atoms. The van der Waals surface area contributed by atoms with Crippen molar-refractivity contribution in [1.29, 1.82) is 0 Å². The molecule has 7 N–H and O–H groups in total. The zero-order valence-electron chi connectivity index (χ0n) is 15.8. The molecule has 0 fully saturated rings. The van der Waals surface area contributed by atoms with E-state index in [4.69, 9.17) is 10.2 Å². The Morgan fingerprint density at radius 3 is 1.83 bits per heavy atom. The second kappa shape index (κ2) is 10.9. The fraction of sp³-hybridized carbons (Fsp3) is 0.312. The van der Waals surface area contributed by atoms with Crippen molar-refractivity contribution in [1.82, 2.24) is 21.3 Å². The van der Waals surface area contributed by atoms with Crippen LogP contribution in [0, 0.1) is 0 Å². The van der Waals surface area contributed by atoms with Crippen LogP contribution in [0.15, 0.2) is 29.2 Å². The molecule has 0 aliphatic carbocycles. The SMILES string of the molecule is CC(NC(=O)CNC(=O)CNC(=O)CNC(=O)c1ccc(S(N)(=O)=O)cc1)C(=O)O. The summed E-state index contributed by atoms with van der Waals surface area (Å²) < 4.78 is 22.3. The van der Waals surface area contributed by atoms with E-state index in [0.29, 0.717) is 0 Å². The number of amides is 4. The molecule has 1 aromatic rings. The van der Waals surface area contributed by atoms with E-state index >= 15 is 0 Å². The van der Waals surface area contributed by atoms with Gasteiger partial charge in [0.2, 0.25) is 27.7 Å². The molecule has 0 spiro atoms. The van der Waals surface area contributed by atoms with E-state index in [1.165, 1.54) is 19.1 Å². The van der Waals surface area contributed by atoms with Gasteiger partial charge >= 0.3 is 5.97 Å². The number of carboxylic acids is 1. The van der Waals surface area contributed by atoms with Gasteiger partial charge in [-0.1, -0.05) is 0 Å². The predicted molar refractivity (Wildman–Crippen MR) is 101 cm³/mol. The van der Waals surface area contributed by atoms with Gasteiger partial charge in [-0.3, -0.25) is 24.0 Å². The van der Waals surface area contributed by atoms with E-state index in [1.54, 1.807) is 0 Å². The number of sulfonamides is 1. The van der Waals surface area contributed by atoms with E-state index in [1.807, 2.05) is 0 Å². The van der Waals surface area contributed by atoms with Gasteiger partial charge in [-0.05, 0) is 31.2 Å². The van der Waals surface area contributed by atoms with Crippen molar-refractivity contribution in [3.05, 3.63) is 29.8 Å². The molecular weight excluding hydrogens is 422 g/mol. The third kappa shape index (κ3) is 8.66. The van der Waals surface area contributed by atoms with E-state index in [9.17, 15) is 32.4 Å². The number of carbonyl (C=O) groups is 5. The minimum atomic E-state index is -3.89. The minimum absolute atomic E-state index is 0.0922. The van der Waals surface area contributed by atoms with Gasteiger partial charge < -0.3 is 26.4 Å². The summed E-state index contributed by atoms with van der Waals surface area (Å²) in [6.07, 6.45) is 0. The first-order valence-electron chi connectivity index (χ1n) is 8.36.